The first-order chi connectivity index (χ1) is 4.04. The SMILES string of the molecule is C=C(N=C(C)N)C(C)C. The van der Waals surface area contributed by atoms with Gasteiger partial charge in [0, 0.05) is 5.70 Å². The summed E-state index contributed by atoms with van der Waals surface area (Å²) in [6.07, 6.45) is 0. The van der Waals surface area contributed by atoms with Crippen molar-refractivity contribution in [2.75, 3.05) is 0 Å². The molecule has 0 rings (SSSR count). The van der Waals surface area contributed by atoms with Crippen molar-refractivity contribution < 1.29 is 0 Å². The van der Waals surface area contributed by atoms with E-state index >= 15 is 0 Å². The Morgan fingerprint density at radius 2 is 2.00 bits per heavy atom. The van der Waals surface area contributed by atoms with E-state index in [-0.39, 0.29) is 0 Å². The molecule has 0 unspecified atom stereocenters. The van der Waals surface area contributed by atoms with Crippen LogP contribution >= 0.6 is 0 Å². The second-order valence-corrected chi connectivity index (χ2v) is 2.40. The molecule has 9 heavy (non-hydrogen) atoms. The quantitative estimate of drug-likeness (QED) is 0.442. The molecule has 0 saturated carbocycles. The Morgan fingerprint density at radius 1 is 1.56 bits per heavy atom. The van der Waals surface area contributed by atoms with Crippen LogP contribution in [0.1, 0.15) is 20.8 Å². The summed E-state index contributed by atoms with van der Waals surface area (Å²) in [7, 11) is 0. The first-order valence-electron chi connectivity index (χ1n) is 3.03. The van der Waals surface area contributed by atoms with Crippen molar-refractivity contribution in [3.63, 3.8) is 0 Å². The fraction of sp³-hybridized carbons (Fsp3) is 0.571. The molecule has 0 spiro atoms. The van der Waals surface area contributed by atoms with Crippen LogP contribution in [0.2, 0.25) is 0 Å². The third-order valence-electron chi connectivity index (χ3n) is 0.986. The Morgan fingerprint density at radius 3 is 2.11 bits per heavy atom. The molecule has 0 aromatic heterocycles. The van der Waals surface area contributed by atoms with Gasteiger partial charge in [-0.25, -0.2) is 4.99 Å². The van der Waals surface area contributed by atoms with Crippen LogP contribution in [0.15, 0.2) is 17.3 Å². The van der Waals surface area contributed by atoms with Crippen molar-refractivity contribution in [2.45, 2.75) is 20.8 Å². The van der Waals surface area contributed by atoms with Gasteiger partial charge in [-0.15, -0.1) is 0 Å². The Kier molecular flexibility index (Phi) is 2.99. The van der Waals surface area contributed by atoms with Gasteiger partial charge < -0.3 is 5.73 Å². The van der Waals surface area contributed by atoms with Crippen LogP contribution in [0.4, 0.5) is 0 Å². The molecule has 0 aromatic carbocycles. The summed E-state index contributed by atoms with van der Waals surface area (Å²) in [4.78, 5) is 3.98. The fourth-order valence-corrected chi connectivity index (χ4v) is 0.356. The second-order valence-electron chi connectivity index (χ2n) is 2.40. The van der Waals surface area contributed by atoms with Gasteiger partial charge in [0.2, 0.25) is 0 Å². The number of hydrogen-bond donors (Lipinski definition) is 1. The highest BCUT2D eigenvalue weighted by atomic mass is 14.9. The molecule has 0 aliphatic heterocycles. The maximum atomic E-state index is 5.32. The van der Waals surface area contributed by atoms with Crippen LogP contribution in [-0.2, 0) is 0 Å². The minimum atomic E-state index is 0.392. The lowest BCUT2D eigenvalue weighted by Gasteiger charge is -2.01. The Labute approximate surface area is 56.5 Å². The van der Waals surface area contributed by atoms with Crippen LogP contribution < -0.4 is 5.73 Å². The van der Waals surface area contributed by atoms with Gasteiger partial charge in [0.1, 0.15) is 0 Å². The molecule has 2 nitrogen and oxygen atoms in total. The first kappa shape index (κ1) is 8.21. The van der Waals surface area contributed by atoms with Crippen LogP contribution in [0.5, 0.6) is 0 Å². The zero-order chi connectivity index (χ0) is 7.44. The van der Waals surface area contributed by atoms with Gasteiger partial charge in [-0.1, -0.05) is 20.4 Å². The number of aliphatic imine (C=N–C) groups is 1. The van der Waals surface area contributed by atoms with E-state index in [2.05, 4.69) is 11.6 Å². The highest BCUT2D eigenvalue weighted by Gasteiger charge is 1.95. The predicted molar refractivity (Wildman–Crippen MR) is 41.3 cm³/mol. The molecule has 0 aliphatic rings. The lowest BCUT2D eigenvalue weighted by Crippen LogP contribution is -2.06. The molecule has 0 bridgehead atoms. The van der Waals surface area contributed by atoms with Crippen LogP contribution in [0, 0.1) is 5.92 Å². The minimum absolute atomic E-state index is 0.392. The zero-order valence-corrected chi connectivity index (χ0v) is 6.31. The third-order valence-corrected chi connectivity index (χ3v) is 0.986. The lowest BCUT2D eigenvalue weighted by molar-refractivity contribution is 0.761. The Hall–Kier alpha value is -0.790. The van der Waals surface area contributed by atoms with Crippen LogP contribution in [0.25, 0.3) is 0 Å². The normalized spacial score (nSPS) is 12.2. The summed E-state index contributed by atoms with van der Waals surface area (Å²) < 4.78 is 0. The smallest absolute Gasteiger partial charge is 0.0960 e. The average Bonchev–Trinajstić information content (AvgIpc) is 1.63. The standard InChI is InChI=1S/C7H14N2/c1-5(2)6(3)9-7(4)8/h5H,3H2,1-2,4H3,(H2,8,9). The van der Waals surface area contributed by atoms with E-state index in [1.54, 1.807) is 6.92 Å². The summed E-state index contributed by atoms with van der Waals surface area (Å²) in [6, 6.07) is 0. The molecule has 0 radical (unpaired) electrons. The molecular formula is C7H14N2. The number of nitrogens with zero attached hydrogens (tertiary/aromatic N) is 1. The highest BCUT2D eigenvalue weighted by Crippen LogP contribution is 2.06. The molecule has 0 fully saturated rings. The molecule has 0 aromatic rings. The minimum Gasteiger partial charge on any atom is -0.387 e. The van der Waals surface area contributed by atoms with Gasteiger partial charge in [-0.05, 0) is 12.8 Å². The molecule has 0 aliphatic carbocycles. The molecule has 2 heteroatoms. The predicted octanol–water partition coefficient (Wildman–Crippen LogP) is 1.53. The van der Waals surface area contributed by atoms with E-state index in [1.165, 1.54) is 0 Å². The number of allylic oxidation sites excluding steroid dienone is 1. The van der Waals surface area contributed by atoms with Gasteiger partial charge in [0.15, 0.2) is 0 Å². The maximum absolute atomic E-state index is 5.32. The second kappa shape index (κ2) is 3.28. The van der Waals surface area contributed by atoms with Gasteiger partial charge >= 0.3 is 0 Å². The molecular weight excluding hydrogens is 112 g/mol. The van der Waals surface area contributed by atoms with Crippen molar-refractivity contribution in [3.05, 3.63) is 12.3 Å². The number of nitrogens with two attached hydrogens (primary N) is 1. The van der Waals surface area contributed by atoms with E-state index in [9.17, 15) is 0 Å². The van der Waals surface area contributed by atoms with Crippen molar-refractivity contribution in [1.29, 1.82) is 0 Å². The molecule has 0 saturated heterocycles. The molecule has 0 amide bonds. The maximum Gasteiger partial charge on any atom is 0.0960 e. The van der Waals surface area contributed by atoms with Gasteiger partial charge in [0.05, 0.1) is 5.84 Å². The molecule has 52 valence electrons. The molecule has 0 heterocycles. The van der Waals surface area contributed by atoms with E-state index in [0.29, 0.717) is 11.8 Å². The lowest BCUT2D eigenvalue weighted by atomic mass is 10.2. The van der Waals surface area contributed by atoms with Crippen LogP contribution in [-0.4, -0.2) is 5.84 Å². The van der Waals surface area contributed by atoms with Gasteiger partial charge in [-0.3, -0.25) is 0 Å². The highest BCUT2D eigenvalue weighted by molar-refractivity contribution is 5.78. The largest absolute Gasteiger partial charge is 0.387 e. The third kappa shape index (κ3) is 3.76. The Bertz CT molecular complexity index is 130. The zero-order valence-electron chi connectivity index (χ0n) is 6.31. The van der Waals surface area contributed by atoms with Crippen molar-refractivity contribution >= 4 is 5.84 Å². The molecule has 2 N–H and O–H groups in total. The van der Waals surface area contributed by atoms with Crippen molar-refractivity contribution in [2.24, 2.45) is 16.6 Å². The van der Waals surface area contributed by atoms with E-state index in [4.69, 9.17) is 5.73 Å². The Balaban J connectivity index is 3.93. The van der Waals surface area contributed by atoms with Crippen molar-refractivity contribution in [1.82, 2.24) is 0 Å². The van der Waals surface area contributed by atoms with E-state index < -0.39 is 0 Å². The fourth-order valence-electron chi connectivity index (χ4n) is 0.356. The van der Waals surface area contributed by atoms with Crippen molar-refractivity contribution in [3.8, 4) is 0 Å². The molecule has 0 atom stereocenters. The number of amidine groups is 1. The number of rotatable bonds is 2. The average molecular weight is 126 g/mol. The van der Waals surface area contributed by atoms with E-state index in [0.717, 1.165) is 5.70 Å². The monoisotopic (exact) mass is 126 g/mol. The summed E-state index contributed by atoms with van der Waals surface area (Å²) >= 11 is 0. The summed E-state index contributed by atoms with van der Waals surface area (Å²) in [6.45, 7) is 9.56. The summed E-state index contributed by atoms with van der Waals surface area (Å²) in [5.74, 6) is 0.970. The van der Waals surface area contributed by atoms with Crippen LogP contribution in [0.3, 0.4) is 0 Å². The summed E-state index contributed by atoms with van der Waals surface area (Å²) in [5.41, 5.74) is 6.16. The number of hydrogen-bond acceptors (Lipinski definition) is 1. The van der Waals surface area contributed by atoms with E-state index in [1.807, 2.05) is 13.8 Å². The first-order valence-corrected chi connectivity index (χ1v) is 3.03. The topological polar surface area (TPSA) is 38.4 Å². The summed E-state index contributed by atoms with van der Waals surface area (Å²) in [5, 5.41) is 0. The van der Waals surface area contributed by atoms with Gasteiger partial charge in [0.25, 0.3) is 0 Å². The van der Waals surface area contributed by atoms with Gasteiger partial charge in [-0.2, -0.15) is 0 Å².